The highest BCUT2D eigenvalue weighted by Gasteiger charge is 2.26. The Hall–Kier alpha value is -1.84. The lowest BCUT2D eigenvalue weighted by Gasteiger charge is -2.31. The average Bonchev–Trinajstić information content (AvgIpc) is 2.53. The van der Waals surface area contributed by atoms with Crippen molar-refractivity contribution in [1.29, 1.82) is 0 Å². The van der Waals surface area contributed by atoms with Gasteiger partial charge in [-0.2, -0.15) is 0 Å². The minimum atomic E-state index is -0.289. The minimum Gasteiger partial charge on any atom is -0.369 e. The molecule has 1 fully saturated rings. The SMILES string of the molecule is CCc1ccc(CCC(=O)N2CCCC(C(N)=O)C2)cc1. The second-order valence-electron chi connectivity index (χ2n) is 5.75. The number of benzene rings is 1. The summed E-state index contributed by atoms with van der Waals surface area (Å²) in [6, 6.07) is 8.41. The van der Waals surface area contributed by atoms with Crippen LogP contribution in [0.3, 0.4) is 0 Å². The van der Waals surface area contributed by atoms with Gasteiger partial charge in [-0.1, -0.05) is 31.2 Å². The lowest BCUT2D eigenvalue weighted by molar-refractivity contribution is -0.134. The van der Waals surface area contributed by atoms with Crippen LogP contribution in [-0.2, 0) is 22.4 Å². The van der Waals surface area contributed by atoms with Crippen molar-refractivity contribution in [3.8, 4) is 0 Å². The Balaban J connectivity index is 1.84. The van der Waals surface area contributed by atoms with Crippen molar-refractivity contribution < 1.29 is 9.59 Å². The molecule has 2 amide bonds. The number of carbonyl (C=O) groups excluding carboxylic acids is 2. The summed E-state index contributed by atoms with van der Waals surface area (Å²) in [5.74, 6) is -0.338. The van der Waals surface area contributed by atoms with E-state index in [1.54, 1.807) is 4.90 Å². The summed E-state index contributed by atoms with van der Waals surface area (Å²) in [6.45, 7) is 3.37. The van der Waals surface area contributed by atoms with E-state index in [2.05, 4.69) is 31.2 Å². The molecule has 1 saturated heterocycles. The molecule has 1 unspecified atom stereocenters. The predicted molar refractivity (Wildman–Crippen MR) is 82.6 cm³/mol. The van der Waals surface area contributed by atoms with Crippen LogP contribution in [0.5, 0.6) is 0 Å². The molecule has 4 heteroatoms. The molecule has 0 aliphatic carbocycles. The number of nitrogens with zero attached hydrogens (tertiary/aromatic N) is 1. The molecule has 0 spiro atoms. The highest BCUT2D eigenvalue weighted by molar-refractivity contribution is 5.80. The Morgan fingerprint density at radius 1 is 1.24 bits per heavy atom. The first-order valence-corrected chi connectivity index (χ1v) is 7.75. The van der Waals surface area contributed by atoms with Gasteiger partial charge >= 0.3 is 0 Å². The molecule has 0 bridgehead atoms. The van der Waals surface area contributed by atoms with Gasteiger partial charge in [0.05, 0.1) is 5.92 Å². The zero-order valence-corrected chi connectivity index (χ0v) is 12.7. The number of nitrogens with two attached hydrogens (primary N) is 1. The summed E-state index contributed by atoms with van der Waals surface area (Å²) in [5, 5.41) is 0. The minimum absolute atomic E-state index is 0.125. The predicted octanol–water partition coefficient (Wildman–Crippen LogP) is 1.91. The molecule has 1 heterocycles. The maximum atomic E-state index is 12.2. The number of piperidine rings is 1. The van der Waals surface area contributed by atoms with E-state index >= 15 is 0 Å². The number of aryl methyl sites for hydroxylation is 2. The number of carbonyl (C=O) groups is 2. The number of hydrogen-bond acceptors (Lipinski definition) is 2. The van der Waals surface area contributed by atoms with Crippen LogP contribution in [0, 0.1) is 5.92 Å². The second-order valence-corrected chi connectivity index (χ2v) is 5.75. The lowest BCUT2D eigenvalue weighted by Crippen LogP contribution is -2.44. The summed E-state index contributed by atoms with van der Waals surface area (Å²) < 4.78 is 0. The normalized spacial score (nSPS) is 18.5. The Morgan fingerprint density at radius 2 is 1.90 bits per heavy atom. The van der Waals surface area contributed by atoms with Crippen molar-refractivity contribution in [1.82, 2.24) is 4.90 Å². The first-order chi connectivity index (χ1) is 10.1. The zero-order valence-electron chi connectivity index (χ0n) is 12.7. The zero-order chi connectivity index (χ0) is 15.2. The molecular formula is C17H24N2O2. The van der Waals surface area contributed by atoms with Crippen LogP contribution in [0.15, 0.2) is 24.3 Å². The van der Waals surface area contributed by atoms with Crippen LogP contribution in [-0.4, -0.2) is 29.8 Å². The summed E-state index contributed by atoms with van der Waals surface area (Å²) in [5.41, 5.74) is 7.84. The molecule has 1 aromatic rings. The fraction of sp³-hybridized carbons (Fsp3) is 0.529. The molecule has 1 aromatic carbocycles. The summed E-state index contributed by atoms with van der Waals surface area (Å²) in [7, 11) is 0. The van der Waals surface area contributed by atoms with E-state index in [1.165, 1.54) is 11.1 Å². The number of likely N-dealkylation sites (tertiary alicyclic amines) is 1. The van der Waals surface area contributed by atoms with Gasteiger partial charge in [-0.05, 0) is 36.8 Å². The van der Waals surface area contributed by atoms with E-state index in [1.807, 2.05) is 0 Å². The lowest BCUT2D eigenvalue weighted by atomic mass is 9.97. The third-order valence-electron chi connectivity index (χ3n) is 4.24. The van der Waals surface area contributed by atoms with Gasteiger partial charge in [0.15, 0.2) is 0 Å². The average molecular weight is 288 g/mol. The Bertz CT molecular complexity index is 496. The topological polar surface area (TPSA) is 63.4 Å². The molecule has 21 heavy (non-hydrogen) atoms. The number of amides is 2. The Labute approximate surface area is 126 Å². The van der Waals surface area contributed by atoms with Crippen molar-refractivity contribution in [2.45, 2.75) is 39.0 Å². The first kappa shape index (κ1) is 15.5. The third-order valence-corrected chi connectivity index (χ3v) is 4.24. The summed E-state index contributed by atoms with van der Waals surface area (Å²) in [6.07, 6.45) is 3.95. The number of hydrogen-bond donors (Lipinski definition) is 1. The van der Waals surface area contributed by atoms with E-state index < -0.39 is 0 Å². The van der Waals surface area contributed by atoms with Crippen molar-refractivity contribution in [3.05, 3.63) is 35.4 Å². The van der Waals surface area contributed by atoms with Gasteiger partial charge in [0.1, 0.15) is 0 Å². The van der Waals surface area contributed by atoms with Crippen molar-refractivity contribution >= 4 is 11.8 Å². The standard InChI is InChI=1S/C17H24N2O2/c1-2-13-5-7-14(8-6-13)9-10-16(20)19-11-3-4-15(12-19)17(18)21/h5-8,15H,2-4,9-12H2,1H3,(H2,18,21). The highest BCUT2D eigenvalue weighted by Crippen LogP contribution is 2.17. The highest BCUT2D eigenvalue weighted by atomic mass is 16.2. The van der Waals surface area contributed by atoms with Gasteiger partial charge in [-0.3, -0.25) is 9.59 Å². The Kier molecular flexibility index (Phi) is 5.37. The van der Waals surface area contributed by atoms with Gasteiger partial charge in [-0.15, -0.1) is 0 Å². The quantitative estimate of drug-likeness (QED) is 0.899. The summed E-state index contributed by atoms with van der Waals surface area (Å²) >= 11 is 0. The Morgan fingerprint density at radius 3 is 2.52 bits per heavy atom. The van der Waals surface area contributed by atoms with Crippen molar-refractivity contribution in [2.24, 2.45) is 11.7 Å². The summed E-state index contributed by atoms with van der Waals surface area (Å²) in [4.78, 5) is 25.3. The first-order valence-electron chi connectivity index (χ1n) is 7.75. The maximum absolute atomic E-state index is 12.2. The van der Waals surface area contributed by atoms with Crippen molar-refractivity contribution in [2.75, 3.05) is 13.1 Å². The fourth-order valence-corrected chi connectivity index (χ4v) is 2.79. The van der Waals surface area contributed by atoms with Crippen LogP contribution in [0.25, 0.3) is 0 Å². The van der Waals surface area contributed by atoms with Crippen molar-refractivity contribution in [3.63, 3.8) is 0 Å². The van der Waals surface area contributed by atoms with E-state index in [-0.39, 0.29) is 17.7 Å². The van der Waals surface area contributed by atoms with Crippen LogP contribution in [0.4, 0.5) is 0 Å². The van der Waals surface area contributed by atoms with Crippen LogP contribution >= 0.6 is 0 Å². The van der Waals surface area contributed by atoms with Crippen LogP contribution in [0.1, 0.15) is 37.3 Å². The largest absolute Gasteiger partial charge is 0.369 e. The molecule has 0 saturated carbocycles. The molecule has 1 aliphatic rings. The fourth-order valence-electron chi connectivity index (χ4n) is 2.79. The molecule has 0 radical (unpaired) electrons. The van der Waals surface area contributed by atoms with E-state index in [0.29, 0.717) is 13.0 Å². The molecular weight excluding hydrogens is 264 g/mol. The molecule has 1 atom stereocenters. The number of rotatable bonds is 5. The maximum Gasteiger partial charge on any atom is 0.222 e. The van der Waals surface area contributed by atoms with Gasteiger partial charge in [0.2, 0.25) is 11.8 Å². The van der Waals surface area contributed by atoms with E-state index in [4.69, 9.17) is 5.73 Å². The van der Waals surface area contributed by atoms with Crippen LogP contribution in [0.2, 0.25) is 0 Å². The molecule has 114 valence electrons. The third kappa shape index (κ3) is 4.31. The van der Waals surface area contributed by atoms with E-state index in [9.17, 15) is 9.59 Å². The molecule has 2 N–H and O–H groups in total. The number of primary amides is 1. The smallest absolute Gasteiger partial charge is 0.222 e. The second kappa shape index (κ2) is 7.25. The van der Waals surface area contributed by atoms with Gasteiger partial charge in [-0.25, -0.2) is 0 Å². The van der Waals surface area contributed by atoms with Crippen LogP contribution < -0.4 is 5.73 Å². The van der Waals surface area contributed by atoms with E-state index in [0.717, 1.165) is 32.2 Å². The molecule has 4 nitrogen and oxygen atoms in total. The molecule has 0 aromatic heterocycles. The molecule has 1 aliphatic heterocycles. The molecule has 2 rings (SSSR count). The van der Waals surface area contributed by atoms with Gasteiger partial charge < -0.3 is 10.6 Å². The monoisotopic (exact) mass is 288 g/mol. The van der Waals surface area contributed by atoms with Gasteiger partial charge in [0.25, 0.3) is 0 Å². The van der Waals surface area contributed by atoms with Gasteiger partial charge in [0, 0.05) is 19.5 Å².